The summed E-state index contributed by atoms with van der Waals surface area (Å²) in [7, 11) is 2.11. The molecule has 0 spiro atoms. The first kappa shape index (κ1) is 5.72. The highest BCUT2D eigenvalue weighted by atomic mass is 14.9. The first-order valence-electron chi connectivity index (χ1n) is 4.09. The van der Waals surface area contributed by atoms with E-state index < -0.39 is 0 Å². The molecule has 0 aliphatic heterocycles. The molecule has 0 heterocycles. The van der Waals surface area contributed by atoms with Gasteiger partial charge in [-0.3, -0.25) is 0 Å². The summed E-state index contributed by atoms with van der Waals surface area (Å²) >= 11 is 0. The molecule has 0 bridgehead atoms. The number of rotatable bonds is 3. The molecule has 0 saturated heterocycles. The summed E-state index contributed by atoms with van der Waals surface area (Å²) in [5.74, 6) is 2.12. The van der Waals surface area contributed by atoms with Crippen molar-refractivity contribution < 1.29 is 0 Å². The lowest BCUT2D eigenvalue weighted by molar-refractivity contribution is 0.451. The van der Waals surface area contributed by atoms with Gasteiger partial charge in [-0.1, -0.05) is 0 Å². The topological polar surface area (TPSA) is 12.0 Å². The molecule has 2 fully saturated rings. The Bertz CT molecular complexity index is 91.1. The van der Waals surface area contributed by atoms with E-state index in [9.17, 15) is 0 Å². The zero-order valence-corrected chi connectivity index (χ0v) is 6.06. The van der Waals surface area contributed by atoms with E-state index in [4.69, 9.17) is 0 Å². The third-order valence-electron chi connectivity index (χ3n) is 2.59. The highest BCUT2D eigenvalue weighted by Gasteiger charge is 2.40. The molecule has 0 atom stereocenters. The van der Waals surface area contributed by atoms with Gasteiger partial charge >= 0.3 is 0 Å². The van der Waals surface area contributed by atoms with Gasteiger partial charge in [-0.15, -0.1) is 0 Å². The van der Waals surface area contributed by atoms with Crippen LogP contribution in [0.2, 0.25) is 0 Å². The van der Waals surface area contributed by atoms with Gasteiger partial charge in [0.05, 0.1) is 0 Å². The average molecular weight is 125 g/mol. The second-order valence-electron chi connectivity index (χ2n) is 3.49. The second-order valence-corrected chi connectivity index (χ2v) is 3.49. The molecular formula is C8H15N. The fourth-order valence-corrected chi connectivity index (χ4v) is 1.77. The van der Waals surface area contributed by atoms with E-state index in [-0.39, 0.29) is 0 Å². The van der Waals surface area contributed by atoms with E-state index in [0.29, 0.717) is 0 Å². The fourth-order valence-electron chi connectivity index (χ4n) is 1.77. The van der Waals surface area contributed by atoms with Crippen molar-refractivity contribution in [2.75, 3.05) is 7.05 Å². The van der Waals surface area contributed by atoms with Crippen LogP contribution in [0.5, 0.6) is 0 Å². The van der Waals surface area contributed by atoms with E-state index in [1.165, 1.54) is 25.7 Å². The van der Waals surface area contributed by atoms with Gasteiger partial charge < -0.3 is 5.32 Å². The molecule has 1 nitrogen and oxygen atoms in total. The van der Waals surface area contributed by atoms with Crippen molar-refractivity contribution in [1.29, 1.82) is 0 Å². The van der Waals surface area contributed by atoms with Gasteiger partial charge in [-0.2, -0.15) is 0 Å². The molecule has 9 heavy (non-hydrogen) atoms. The van der Waals surface area contributed by atoms with Crippen LogP contribution in [-0.2, 0) is 0 Å². The van der Waals surface area contributed by atoms with Crippen LogP contribution >= 0.6 is 0 Å². The van der Waals surface area contributed by atoms with Crippen LogP contribution < -0.4 is 5.32 Å². The van der Waals surface area contributed by atoms with Crippen molar-refractivity contribution in [1.82, 2.24) is 5.32 Å². The first-order valence-corrected chi connectivity index (χ1v) is 4.09. The van der Waals surface area contributed by atoms with Crippen LogP contribution in [0.4, 0.5) is 0 Å². The molecule has 0 aromatic carbocycles. The number of hydrogen-bond acceptors (Lipinski definition) is 1. The van der Waals surface area contributed by atoms with Gasteiger partial charge in [0.15, 0.2) is 0 Å². The Labute approximate surface area is 56.8 Å². The first-order chi connectivity index (χ1) is 4.42. The maximum atomic E-state index is 3.43. The van der Waals surface area contributed by atoms with Crippen LogP contribution in [0, 0.1) is 11.8 Å². The Morgan fingerprint density at radius 2 is 1.56 bits per heavy atom. The van der Waals surface area contributed by atoms with Gasteiger partial charge in [-0.05, 0) is 44.6 Å². The Morgan fingerprint density at radius 1 is 1.11 bits per heavy atom. The minimum absolute atomic E-state index is 0.894. The summed E-state index contributed by atoms with van der Waals surface area (Å²) in [6.45, 7) is 0. The predicted octanol–water partition coefficient (Wildman–Crippen LogP) is 1.39. The lowest BCUT2D eigenvalue weighted by Crippen LogP contribution is -2.29. The molecule has 0 unspecified atom stereocenters. The monoisotopic (exact) mass is 125 g/mol. The van der Waals surface area contributed by atoms with Crippen LogP contribution in [0.1, 0.15) is 25.7 Å². The average Bonchev–Trinajstić information content (AvgIpc) is 2.61. The number of nitrogens with one attached hydrogen (secondary N) is 1. The largest absolute Gasteiger partial charge is 0.316 e. The van der Waals surface area contributed by atoms with Crippen molar-refractivity contribution in [2.24, 2.45) is 11.8 Å². The van der Waals surface area contributed by atoms with Gasteiger partial charge in [-0.25, -0.2) is 0 Å². The maximum Gasteiger partial charge on any atom is 0.0121 e. The molecule has 1 N–H and O–H groups in total. The standard InChI is InChI=1S/C8H15N/c1-9-8(6-2-3-6)7-4-5-7/h6-9H,2-5H2,1H3. The maximum absolute atomic E-state index is 3.43. The van der Waals surface area contributed by atoms with E-state index in [0.717, 1.165) is 17.9 Å². The molecule has 0 aromatic heterocycles. The van der Waals surface area contributed by atoms with Crippen molar-refractivity contribution in [3.05, 3.63) is 0 Å². The third kappa shape index (κ3) is 1.11. The SMILES string of the molecule is CNC(C1CC1)C1CC1. The Morgan fingerprint density at radius 3 is 1.78 bits per heavy atom. The second kappa shape index (κ2) is 1.98. The highest BCUT2D eigenvalue weighted by molar-refractivity contribution is 4.95. The molecule has 0 aromatic rings. The minimum Gasteiger partial charge on any atom is -0.316 e. The molecule has 0 amide bonds. The van der Waals surface area contributed by atoms with Crippen molar-refractivity contribution in [3.63, 3.8) is 0 Å². The Balaban J connectivity index is 1.85. The van der Waals surface area contributed by atoms with E-state index in [1.807, 2.05) is 0 Å². The number of hydrogen-bond donors (Lipinski definition) is 1. The minimum atomic E-state index is 0.894. The van der Waals surface area contributed by atoms with E-state index >= 15 is 0 Å². The van der Waals surface area contributed by atoms with E-state index in [2.05, 4.69) is 12.4 Å². The lowest BCUT2D eigenvalue weighted by Gasteiger charge is -2.12. The molecule has 1 heteroatoms. The zero-order valence-electron chi connectivity index (χ0n) is 6.06. The van der Waals surface area contributed by atoms with Crippen LogP contribution in [-0.4, -0.2) is 13.1 Å². The van der Waals surface area contributed by atoms with Gasteiger partial charge in [0.25, 0.3) is 0 Å². The fraction of sp³-hybridized carbons (Fsp3) is 1.00. The van der Waals surface area contributed by atoms with Crippen LogP contribution in [0.3, 0.4) is 0 Å². The lowest BCUT2D eigenvalue weighted by atomic mass is 10.1. The van der Waals surface area contributed by atoms with E-state index in [1.54, 1.807) is 0 Å². The van der Waals surface area contributed by atoms with Crippen LogP contribution in [0.25, 0.3) is 0 Å². The molecule has 52 valence electrons. The summed E-state index contributed by atoms with van der Waals surface area (Å²) < 4.78 is 0. The molecule has 2 rings (SSSR count). The predicted molar refractivity (Wildman–Crippen MR) is 38.3 cm³/mol. The molecule has 0 radical (unpaired) electrons. The van der Waals surface area contributed by atoms with Crippen molar-refractivity contribution in [3.8, 4) is 0 Å². The Hall–Kier alpha value is -0.0400. The molecule has 2 aliphatic carbocycles. The Kier molecular flexibility index (Phi) is 1.26. The summed E-state index contributed by atoms with van der Waals surface area (Å²) in [5.41, 5.74) is 0. The van der Waals surface area contributed by atoms with Gasteiger partial charge in [0.1, 0.15) is 0 Å². The molecular weight excluding hydrogens is 110 g/mol. The zero-order chi connectivity index (χ0) is 6.27. The third-order valence-corrected chi connectivity index (χ3v) is 2.59. The van der Waals surface area contributed by atoms with Crippen molar-refractivity contribution in [2.45, 2.75) is 31.7 Å². The van der Waals surface area contributed by atoms with Gasteiger partial charge in [0, 0.05) is 6.04 Å². The van der Waals surface area contributed by atoms with Crippen molar-refractivity contribution >= 4 is 0 Å². The quantitative estimate of drug-likeness (QED) is 0.601. The summed E-state index contributed by atoms with van der Waals surface area (Å²) in [6, 6.07) is 0.894. The summed E-state index contributed by atoms with van der Waals surface area (Å²) in [6.07, 6.45) is 5.95. The highest BCUT2D eigenvalue weighted by Crippen LogP contribution is 2.44. The molecule has 2 saturated carbocycles. The summed E-state index contributed by atoms with van der Waals surface area (Å²) in [4.78, 5) is 0. The summed E-state index contributed by atoms with van der Waals surface area (Å²) in [5, 5.41) is 3.43. The van der Waals surface area contributed by atoms with Gasteiger partial charge in [0.2, 0.25) is 0 Å². The normalized spacial score (nSPS) is 27.3. The van der Waals surface area contributed by atoms with Crippen LogP contribution in [0.15, 0.2) is 0 Å². The smallest absolute Gasteiger partial charge is 0.0121 e. The molecule has 2 aliphatic rings.